The van der Waals surface area contributed by atoms with Crippen molar-refractivity contribution in [2.24, 2.45) is 0 Å². The number of aliphatic hydroxyl groups excluding tert-OH is 1. The van der Waals surface area contributed by atoms with Crippen LogP contribution in [-0.2, 0) is 14.3 Å². The predicted octanol–water partition coefficient (Wildman–Crippen LogP) is 3.63. The first-order chi connectivity index (χ1) is 17.5. The molecule has 8 nitrogen and oxygen atoms in total. The van der Waals surface area contributed by atoms with E-state index < -0.39 is 17.7 Å². The minimum atomic E-state index is -0.708. The van der Waals surface area contributed by atoms with E-state index >= 15 is 0 Å². The molecular formula is C28H34N2O6. The maximum Gasteiger partial charge on any atom is 0.295 e. The molecule has 36 heavy (non-hydrogen) atoms. The van der Waals surface area contributed by atoms with E-state index in [9.17, 15) is 14.7 Å². The maximum atomic E-state index is 13.2. The fourth-order valence-electron chi connectivity index (χ4n) is 4.64. The molecule has 0 unspecified atom stereocenters. The number of hydrogen-bond donors (Lipinski definition) is 1. The lowest BCUT2D eigenvalue weighted by Gasteiger charge is -2.29. The molecule has 2 aliphatic rings. The Labute approximate surface area is 212 Å². The van der Waals surface area contributed by atoms with E-state index in [0.29, 0.717) is 55.4 Å². The normalized spacial score (nSPS) is 20.1. The average molecular weight is 495 g/mol. The minimum Gasteiger partial charge on any atom is -0.507 e. The van der Waals surface area contributed by atoms with Gasteiger partial charge in [-0.05, 0) is 54.8 Å². The monoisotopic (exact) mass is 494 g/mol. The molecule has 0 aliphatic carbocycles. The summed E-state index contributed by atoms with van der Waals surface area (Å²) in [6.07, 6.45) is 1.59. The van der Waals surface area contributed by atoms with Crippen molar-refractivity contribution in [3.8, 4) is 11.5 Å². The zero-order valence-corrected chi connectivity index (χ0v) is 20.9. The van der Waals surface area contributed by atoms with Crippen molar-refractivity contribution in [2.45, 2.75) is 25.8 Å². The maximum absolute atomic E-state index is 13.2. The number of carbonyl (C=O) groups is 2. The molecule has 0 saturated carbocycles. The van der Waals surface area contributed by atoms with Gasteiger partial charge in [0.25, 0.3) is 11.7 Å². The second kappa shape index (κ2) is 12.1. The Bertz CT molecular complexity index is 1090. The van der Waals surface area contributed by atoms with Crippen LogP contribution in [-0.4, -0.2) is 79.7 Å². The van der Waals surface area contributed by atoms with Crippen molar-refractivity contribution in [3.05, 3.63) is 65.2 Å². The summed E-state index contributed by atoms with van der Waals surface area (Å²) in [5, 5.41) is 11.3. The number of hydrogen-bond acceptors (Lipinski definition) is 7. The van der Waals surface area contributed by atoms with E-state index in [4.69, 9.17) is 14.2 Å². The molecule has 1 N–H and O–H groups in total. The second-order valence-electron chi connectivity index (χ2n) is 8.95. The molecule has 2 saturated heterocycles. The van der Waals surface area contributed by atoms with Gasteiger partial charge in [-0.15, -0.1) is 0 Å². The van der Waals surface area contributed by atoms with Gasteiger partial charge in [-0.25, -0.2) is 0 Å². The number of rotatable bonds is 10. The van der Waals surface area contributed by atoms with E-state index in [-0.39, 0.29) is 11.3 Å². The van der Waals surface area contributed by atoms with E-state index in [1.807, 2.05) is 25.1 Å². The number of aliphatic hydroxyl groups is 1. The zero-order chi connectivity index (χ0) is 25.5. The van der Waals surface area contributed by atoms with Gasteiger partial charge in [-0.1, -0.05) is 19.1 Å². The van der Waals surface area contributed by atoms with Crippen LogP contribution in [0.1, 0.15) is 36.9 Å². The van der Waals surface area contributed by atoms with Crippen LogP contribution >= 0.6 is 0 Å². The lowest BCUT2D eigenvalue weighted by Crippen LogP contribution is -2.38. The molecule has 1 atom stereocenters. The Morgan fingerprint density at radius 1 is 1.06 bits per heavy atom. The first kappa shape index (κ1) is 25.7. The zero-order valence-electron chi connectivity index (χ0n) is 20.9. The molecule has 4 rings (SSSR count). The predicted molar refractivity (Wildman–Crippen MR) is 136 cm³/mol. The number of Topliss-reactive ketones (excluding diaryl/α,β-unsaturated/α-hetero) is 1. The van der Waals surface area contributed by atoms with Crippen molar-refractivity contribution in [3.63, 3.8) is 0 Å². The van der Waals surface area contributed by atoms with Gasteiger partial charge in [0.2, 0.25) is 0 Å². The molecule has 2 aromatic carbocycles. The van der Waals surface area contributed by atoms with E-state index in [1.165, 1.54) is 0 Å². The van der Waals surface area contributed by atoms with Gasteiger partial charge in [0, 0.05) is 31.7 Å². The lowest BCUT2D eigenvalue weighted by molar-refractivity contribution is -0.140. The number of carbonyl (C=O) groups excluding carboxylic acids is 2. The third kappa shape index (κ3) is 5.71. The lowest BCUT2D eigenvalue weighted by atomic mass is 9.95. The van der Waals surface area contributed by atoms with Gasteiger partial charge >= 0.3 is 0 Å². The molecule has 2 fully saturated rings. The summed E-state index contributed by atoms with van der Waals surface area (Å²) in [6.45, 7) is 6.94. The molecule has 8 heteroatoms. The van der Waals surface area contributed by atoms with Gasteiger partial charge in [0.05, 0.1) is 38.5 Å². The fraction of sp³-hybridized carbons (Fsp3) is 0.429. The summed E-state index contributed by atoms with van der Waals surface area (Å²) < 4.78 is 16.4. The molecule has 0 radical (unpaired) electrons. The standard InChI is InChI=1S/C28H34N2O6/c1-3-16-36-22-10-8-20(9-11-22)26(31)24-25(21-6-4-7-23(19-21)34-2)30(28(33)27(24)32)13-5-12-29-14-17-35-18-15-29/h4,6-11,19,25,31H,3,5,12-18H2,1-2H3/b26-24+/t25-/m1/s1. The van der Waals surface area contributed by atoms with Crippen molar-refractivity contribution >= 4 is 17.4 Å². The topological polar surface area (TPSA) is 88.5 Å². The summed E-state index contributed by atoms with van der Waals surface area (Å²) >= 11 is 0. The summed E-state index contributed by atoms with van der Waals surface area (Å²) in [5.74, 6) is -0.184. The minimum absolute atomic E-state index is 0.0850. The van der Waals surface area contributed by atoms with E-state index in [0.717, 1.165) is 26.1 Å². The number of likely N-dealkylation sites (tertiary alicyclic amines) is 1. The van der Waals surface area contributed by atoms with Crippen molar-refractivity contribution in [1.82, 2.24) is 9.80 Å². The summed E-state index contributed by atoms with van der Waals surface area (Å²) in [6, 6.07) is 13.5. The van der Waals surface area contributed by atoms with Crippen LogP contribution in [0.15, 0.2) is 54.1 Å². The van der Waals surface area contributed by atoms with Gasteiger partial charge in [0.1, 0.15) is 17.3 Å². The van der Waals surface area contributed by atoms with Crippen LogP contribution < -0.4 is 9.47 Å². The number of ether oxygens (including phenoxy) is 3. The highest BCUT2D eigenvalue weighted by molar-refractivity contribution is 6.46. The molecule has 192 valence electrons. The summed E-state index contributed by atoms with van der Waals surface area (Å²) in [7, 11) is 1.57. The number of morpholine rings is 1. The molecule has 2 aliphatic heterocycles. The Hall–Kier alpha value is -3.36. The molecule has 0 bridgehead atoms. The van der Waals surface area contributed by atoms with Crippen LogP contribution in [0.5, 0.6) is 11.5 Å². The van der Waals surface area contributed by atoms with Crippen molar-refractivity contribution in [2.75, 3.05) is 53.1 Å². The van der Waals surface area contributed by atoms with E-state index in [2.05, 4.69) is 4.90 Å². The number of amides is 1. The smallest absolute Gasteiger partial charge is 0.295 e. The summed E-state index contributed by atoms with van der Waals surface area (Å²) in [5.41, 5.74) is 1.25. The Kier molecular flexibility index (Phi) is 8.61. The quantitative estimate of drug-likeness (QED) is 0.307. The largest absolute Gasteiger partial charge is 0.507 e. The van der Waals surface area contributed by atoms with Gasteiger partial charge in [0.15, 0.2) is 0 Å². The number of nitrogens with zero attached hydrogens (tertiary/aromatic N) is 2. The highest BCUT2D eigenvalue weighted by Gasteiger charge is 2.46. The highest BCUT2D eigenvalue weighted by atomic mass is 16.5. The summed E-state index contributed by atoms with van der Waals surface area (Å²) in [4.78, 5) is 30.3. The van der Waals surface area contributed by atoms with Crippen molar-refractivity contribution in [1.29, 1.82) is 0 Å². The van der Waals surface area contributed by atoms with Crippen LogP contribution in [0.4, 0.5) is 0 Å². The van der Waals surface area contributed by atoms with Crippen LogP contribution in [0, 0.1) is 0 Å². The average Bonchev–Trinajstić information content (AvgIpc) is 3.17. The van der Waals surface area contributed by atoms with Crippen LogP contribution in [0.3, 0.4) is 0 Å². The van der Waals surface area contributed by atoms with E-state index in [1.54, 1.807) is 42.3 Å². The first-order valence-corrected chi connectivity index (χ1v) is 12.5. The number of benzene rings is 2. The third-order valence-electron chi connectivity index (χ3n) is 6.53. The van der Waals surface area contributed by atoms with Crippen molar-refractivity contribution < 1.29 is 28.9 Å². The molecule has 0 aromatic heterocycles. The number of ketones is 1. The highest BCUT2D eigenvalue weighted by Crippen LogP contribution is 2.40. The van der Waals surface area contributed by atoms with Crippen LogP contribution in [0.25, 0.3) is 5.76 Å². The van der Waals surface area contributed by atoms with Gasteiger partial charge in [-0.3, -0.25) is 14.5 Å². The number of methoxy groups -OCH3 is 1. The molecule has 2 heterocycles. The molecule has 1 amide bonds. The van der Waals surface area contributed by atoms with Gasteiger partial charge < -0.3 is 24.2 Å². The van der Waals surface area contributed by atoms with Crippen LogP contribution in [0.2, 0.25) is 0 Å². The fourth-order valence-corrected chi connectivity index (χ4v) is 4.64. The Morgan fingerprint density at radius 2 is 1.81 bits per heavy atom. The molecule has 2 aromatic rings. The first-order valence-electron chi connectivity index (χ1n) is 12.5. The third-order valence-corrected chi connectivity index (χ3v) is 6.53. The molecular weight excluding hydrogens is 460 g/mol. The second-order valence-corrected chi connectivity index (χ2v) is 8.95. The Morgan fingerprint density at radius 3 is 2.50 bits per heavy atom. The molecule has 0 spiro atoms. The Balaban J connectivity index is 1.65. The SMILES string of the molecule is CCCOc1ccc(/C(O)=C2\C(=O)C(=O)N(CCCN3CCOCC3)[C@@H]2c2cccc(OC)c2)cc1. The van der Waals surface area contributed by atoms with Gasteiger partial charge in [-0.2, -0.15) is 0 Å².